The summed E-state index contributed by atoms with van der Waals surface area (Å²) < 4.78 is 5.50. The molecule has 81 heavy (non-hydrogen) atoms. The first-order valence-electron chi connectivity index (χ1n) is 36.7. The Hall–Kier alpha value is -1.92. The molecule has 0 fully saturated rings. The van der Waals surface area contributed by atoms with Crippen molar-refractivity contribution < 1.29 is 24.5 Å². The lowest BCUT2D eigenvalue weighted by atomic mass is 10.0. The predicted molar refractivity (Wildman–Crippen MR) is 356 cm³/mol. The van der Waals surface area contributed by atoms with Crippen LogP contribution in [0.3, 0.4) is 0 Å². The number of carbonyl (C=O) groups is 2. The summed E-state index contributed by atoms with van der Waals surface area (Å²) in [6.45, 7) is 4.96. The van der Waals surface area contributed by atoms with Crippen molar-refractivity contribution in [3.8, 4) is 0 Å². The van der Waals surface area contributed by atoms with Gasteiger partial charge in [-0.05, 0) is 83.5 Å². The van der Waals surface area contributed by atoms with E-state index in [1.807, 2.05) is 0 Å². The number of esters is 1. The van der Waals surface area contributed by atoms with E-state index in [4.69, 9.17) is 4.74 Å². The minimum atomic E-state index is -0.663. The van der Waals surface area contributed by atoms with E-state index in [2.05, 4.69) is 55.6 Å². The van der Waals surface area contributed by atoms with Crippen LogP contribution in [0.2, 0.25) is 0 Å². The summed E-state index contributed by atoms with van der Waals surface area (Å²) >= 11 is 0. The summed E-state index contributed by atoms with van der Waals surface area (Å²) in [6.07, 6.45) is 90.6. The number of amides is 1. The van der Waals surface area contributed by atoms with Crippen LogP contribution < -0.4 is 5.32 Å². The molecule has 3 N–H and O–H groups in total. The van der Waals surface area contributed by atoms with Crippen LogP contribution in [0.1, 0.15) is 406 Å². The Kier molecular flexibility index (Phi) is 68.9. The Morgan fingerprint density at radius 3 is 0.975 bits per heavy atom. The van der Waals surface area contributed by atoms with Gasteiger partial charge in [0.2, 0.25) is 5.91 Å². The maximum absolute atomic E-state index is 12.5. The maximum Gasteiger partial charge on any atom is 0.305 e. The zero-order valence-corrected chi connectivity index (χ0v) is 54.8. The summed E-state index contributed by atoms with van der Waals surface area (Å²) in [4.78, 5) is 24.6. The highest BCUT2D eigenvalue weighted by Gasteiger charge is 2.20. The van der Waals surface area contributed by atoms with Gasteiger partial charge in [-0.2, -0.15) is 0 Å². The number of rotatable bonds is 69. The number of hydrogen-bond acceptors (Lipinski definition) is 5. The van der Waals surface area contributed by atoms with E-state index < -0.39 is 12.1 Å². The smallest absolute Gasteiger partial charge is 0.305 e. The normalized spacial score (nSPS) is 12.7. The monoisotopic (exact) mass is 1140 g/mol. The van der Waals surface area contributed by atoms with Gasteiger partial charge in [-0.15, -0.1) is 0 Å². The van der Waals surface area contributed by atoms with Crippen LogP contribution in [0.4, 0.5) is 0 Å². The minimum Gasteiger partial charge on any atom is -0.466 e. The van der Waals surface area contributed by atoms with E-state index in [0.29, 0.717) is 25.9 Å². The van der Waals surface area contributed by atoms with Crippen LogP contribution >= 0.6 is 0 Å². The van der Waals surface area contributed by atoms with Crippen molar-refractivity contribution in [2.24, 2.45) is 0 Å². The predicted octanol–water partition coefficient (Wildman–Crippen LogP) is 23.9. The third kappa shape index (κ3) is 67.1. The number of allylic oxidation sites excluding steroid dienone is 6. The fraction of sp³-hybridized carbons (Fsp3) is 0.893. The Morgan fingerprint density at radius 1 is 0.346 bits per heavy atom. The zero-order valence-electron chi connectivity index (χ0n) is 54.8. The van der Waals surface area contributed by atoms with E-state index in [1.54, 1.807) is 0 Å². The fourth-order valence-electron chi connectivity index (χ4n) is 11.6. The third-order valence-electron chi connectivity index (χ3n) is 17.2. The molecule has 0 radical (unpaired) electrons. The summed E-state index contributed by atoms with van der Waals surface area (Å²) in [5.41, 5.74) is 0. The SMILES string of the molecule is CCCCC/C=C\C/C=C\CCCCCCCCCC(=O)OCCCCCCCCCCCCCC/C=C\CCCCCCCCCCCCCCCCCC(=O)NC(CO)C(O)CCCCCCCCCCCCCCCCCC. The molecule has 0 saturated heterocycles. The lowest BCUT2D eigenvalue weighted by Crippen LogP contribution is -2.45. The first kappa shape index (κ1) is 79.1. The molecule has 0 saturated carbocycles. The van der Waals surface area contributed by atoms with Crippen LogP contribution in [-0.2, 0) is 14.3 Å². The minimum absolute atomic E-state index is 0.0104. The first-order chi connectivity index (χ1) is 40.0. The molecule has 2 atom stereocenters. The van der Waals surface area contributed by atoms with Gasteiger partial charge >= 0.3 is 5.97 Å². The van der Waals surface area contributed by atoms with Crippen molar-refractivity contribution in [1.29, 1.82) is 0 Å². The van der Waals surface area contributed by atoms with Crippen molar-refractivity contribution >= 4 is 11.9 Å². The van der Waals surface area contributed by atoms with E-state index in [-0.39, 0.29) is 18.5 Å². The van der Waals surface area contributed by atoms with E-state index in [0.717, 1.165) is 51.4 Å². The lowest BCUT2D eigenvalue weighted by molar-refractivity contribution is -0.143. The lowest BCUT2D eigenvalue weighted by Gasteiger charge is -2.22. The topological polar surface area (TPSA) is 95.9 Å². The van der Waals surface area contributed by atoms with Gasteiger partial charge in [0.25, 0.3) is 0 Å². The average Bonchev–Trinajstić information content (AvgIpc) is 3.47. The number of unbranched alkanes of at least 4 members (excludes halogenated alkanes) is 52. The molecule has 0 aromatic rings. The molecule has 0 rings (SSSR count). The van der Waals surface area contributed by atoms with Gasteiger partial charge in [0, 0.05) is 12.8 Å². The quantitative estimate of drug-likeness (QED) is 0.0320. The van der Waals surface area contributed by atoms with Crippen LogP contribution in [0.15, 0.2) is 36.5 Å². The number of aliphatic hydroxyl groups is 2. The molecule has 6 nitrogen and oxygen atoms in total. The molecule has 2 unspecified atom stereocenters. The van der Waals surface area contributed by atoms with Crippen LogP contribution in [-0.4, -0.2) is 47.4 Å². The summed E-state index contributed by atoms with van der Waals surface area (Å²) in [6, 6.07) is -0.540. The molecular weight excluding hydrogens is 995 g/mol. The zero-order chi connectivity index (χ0) is 58.5. The number of ether oxygens (including phenoxy) is 1. The average molecular weight is 1140 g/mol. The second-order valence-electron chi connectivity index (χ2n) is 25.3. The molecule has 0 heterocycles. The standard InChI is InChI=1S/C75H143NO5/c1-3-5-7-9-11-13-15-17-19-36-41-45-49-53-57-61-65-69-75(80)81-70-66-62-58-54-50-46-42-38-35-33-31-29-27-25-23-21-22-24-26-28-30-32-34-37-40-44-48-52-56-60-64-68-74(79)76-72(71-77)73(78)67-63-59-55-51-47-43-39-20-18-16-14-12-10-8-6-4-2/h11,13,17,19,23,25,72-73,77-78H,3-10,12,14-16,18,20-22,24,26-71H2,1-2H3,(H,76,79)/b13-11-,19-17-,25-23-. The largest absolute Gasteiger partial charge is 0.466 e. The molecular formula is C75H143NO5. The summed E-state index contributed by atoms with van der Waals surface area (Å²) in [5.74, 6) is -0.0194. The van der Waals surface area contributed by atoms with Crippen LogP contribution in [0.25, 0.3) is 0 Å². The number of aliphatic hydroxyl groups excluding tert-OH is 2. The molecule has 6 heteroatoms. The maximum atomic E-state index is 12.5. The third-order valence-corrected chi connectivity index (χ3v) is 17.2. The Bertz CT molecular complexity index is 1310. The highest BCUT2D eigenvalue weighted by molar-refractivity contribution is 5.76. The summed E-state index contributed by atoms with van der Waals surface area (Å²) in [5, 5.41) is 23.4. The second-order valence-corrected chi connectivity index (χ2v) is 25.3. The molecule has 478 valence electrons. The van der Waals surface area contributed by atoms with Gasteiger partial charge in [0.15, 0.2) is 0 Å². The van der Waals surface area contributed by atoms with E-state index in [9.17, 15) is 19.8 Å². The fourth-order valence-corrected chi connectivity index (χ4v) is 11.6. The van der Waals surface area contributed by atoms with Gasteiger partial charge in [0.1, 0.15) is 0 Å². The molecule has 0 aliphatic carbocycles. The highest BCUT2D eigenvalue weighted by atomic mass is 16.5. The second kappa shape index (κ2) is 70.6. The molecule has 0 aromatic heterocycles. The van der Waals surface area contributed by atoms with Crippen molar-refractivity contribution in [3.05, 3.63) is 36.5 Å². The van der Waals surface area contributed by atoms with Crippen molar-refractivity contribution in [2.75, 3.05) is 13.2 Å². The van der Waals surface area contributed by atoms with E-state index >= 15 is 0 Å². The Balaban J connectivity index is 3.35. The molecule has 0 bridgehead atoms. The van der Waals surface area contributed by atoms with Gasteiger partial charge in [-0.1, -0.05) is 346 Å². The molecule has 0 spiro atoms. The van der Waals surface area contributed by atoms with Crippen molar-refractivity contribution in [3.63, 3.8) is 0 Å². The molecule has 0 aromatic carbocycles. The highest BCUT2D eigenvalue weighted by Crippen LogP contribution is 2.19. The van der Waals surface area contributed by atoms with Crippen LogP contribution in [0, 0.1) is 0 Å². The summed E-state index contributed by atoms with van der Waals surface area (Å²) in [7, 11) is 0. The van der Waals surface area contributed by atoms with Gasteiger partial charge in [0.05, 0.1) is 25.4 Å². The van der Waals surface area contributed by atoms with Gasteiger partial charge in [-0.25, -0.2) is 0 Å². The molecule has 0 aliphatic heterocycles. The van der Waals surface area contributed by atoms with Crippen molar-refractivity contribution in [1.82, 2.24) is 5.32 Å². The van der Waals surface area contributed by atoms with E-state index in [1.165, 1.54) is 321 Å². The number of nitrogens with one attached hydrogen (secondary N) is 1. The van der Waals surface area contributed by atoms with Gasteiger partial charge in [-0.3, -0.25) is 9.59 Å². The first-order valence-corrected chi connectivity index (χ1v) is 36.7. The van der Waals surface area contributed by atoms with Crippen molar-refractivity contribution in [2.45, 2.75) is 418 Å². The molecule has 0 aliphatic rings. The number of hydrogen-bond donors (Lipinski definition) is 3. The Labute approximate surface area is 506 Å². The van der Waals surface area contributed by atoms with Crippen LogP contribution in [0.5, 0.6) is 0 Å². The number of carbonyl (C=O) groups excluding carboxylic acids is 2. The molecule has 1 amide bonds. The van der Waals surface area contributed by atoms with Gasteiger partial charge < -0.3 is 20.3 Å². The Morgan fingerprint density at radius 2 is 0.617 bits per heavy atom.